The van der Waals surface area contributed by atoms with Gasteiger partial charge in [-0.25, -0.2) is 8.42 Å². The van der Waals surface area contributed by atoms with Crippen LogP contribution in [0.2, 0.25) is 5.02 Å². The highest BCUT2D eigenvalue weighted by Crippen LogP contribution is 2.30. The second-order valence-corrected chi connectivity index (χ2v) is 13.0. The predicted octanol–water partition coefficient (Wildman–Crippen LogP) is 5.37. The maximum absolute atomic E-state index is 13.9. The lowest BCUT2D eigenvalue weighted by Gasteiger charge is -2.32. The number of methoxy groups -OCH3 is 1. The molecule has 2 amide bonds. The summed E-state index contributed by atoms with van der Waals surface area (Å²) in [5, 5.41) is 3.26. The number of sulfonamides is 1. The number of hydrogen-bond donors (Lipinski definition) is 1. The zero-order chi connectivity index (χ0) is 30.9. The SMILES string of the molecule is COc1ccc(N(CCCC(=O)N(Cc2cccc(C)c2)C(Cc2ccccc2)C(=O)NC(C)C)S(C)(=O)=O)cc1Cl. The Morgan fingerprint density at radius 2 is 1.67 bits per heavy atom. The number of aryl methyl sites for hydroxylation is 1. The molecule has 0 heterocycles. The number of halogens is 1. The molecule has 0 saturated carbocycles. The van der Waals surface area contributed by atoms with Crippen LogP contribution in [0.1, 0.15) is 43.4 Å². The maximum atomic E-state index is 13.9. The van der Waals surface area contributed by atoms with Crippen LogP contribution in [0.4, 0.5) is 5.69 Å². The molecule has 0 fully saturated rings. The van der Waals surface area contributed by atoms with E-state index in [9.17, 15) is 18.0 Å². The van der Waals surface area contributed by atoms with E-state index in [1.165, 1.54) is 17.5 Å². The highest BCUT2D eigenvalue weighted by Gasteiger charge is 2.31. The fourth-order valence-corrected chi connectivity index (χ4v) is 5.97. The lowest BCUT2D eigenvalue weighted by Crippen LogP contribution is -2.51. The molecule has 3 rings (SSSR count). The molecule has 3 aromatic carbocycles. The summed E-state index contributed by atoms with van der Waals surface area (Å²) in [6.07, 6.45) is 1.74. The smallest absolute Gasteiger partial charge is 0.243 e. The standard InChI is InChI=1S/C32H40ClN3O5S/c1-23(2)34-32(38)29(20-25-12-7-6-8-13-25)35(22-26-14-9-11-24(3)19-26)31(37)15-10-18-36(42(5,39)40)27-16-17-30(41-4)28(33)21-27/h6-9,11-14,16-17,19,21,23,29H,10,15,18,20,22H2,1-5H3,(H,34,38). The predicted molar refractivity (Wildman–Crippen MR) is 168 cm³/mol. The van der Waals surface area contributed by atoms with Gasteiger partial charge in [0, 0.05) is 32.0 Å². The van der Waals surface area contributed by atoms with Crippen LogP contribution in [0.5, 0.6) is 5.75 Å². The fraction of sp³-hybridized carbons (Fsp3) is 0.375. The van der Waals surface area contributed by atoms with E-state index in [-0.39, 0.29) is 48.8 Å². The largest absolute Gasteiger partial charge is 0.495 e. The van der Waals surface area contributed by atoms with Crippen molar-refractivity contribution in [3.8, 4) is 5.75 Å². The number of benzene rings is 3. The topological polar surface area (TPSA) is 96.0 Å². The lowest BCUT2D eigenvalue weighted by molar-refractivity contribution is -0.141. The van der Waals surface area contributed by atoms with Crippen molar-refractivity contribution in [1.29, 1.82) is 0 Å². The molecule has 1 N–H and O–H groups in total. The van der Waals surface area contributed by atoms with Crippen LogP contribution in [-0.4, -0.2) is 57.1 Å². The molecule has 1 unspecified atom stereocenters. The average molecular weight is 614 g/mol. The number of rotatable bonds is 14. The number of carbonyl (C=O) groups excluding carboxylic acids is 2. The van der Waals surface area contributed by atoms with Crippen molar-refractivity contribution in [2.45, 2.75) is 58.7 Å². The minimum absolute atomic E-state index is 0.0436. The Morgan fingerprint density at radius 3 is 2.26 bits per heavy atom. The Bertz CT molecular complexity index is 1460. The monoisotopic (exact) mass is 613 g/mol. The van der Waals surface area contributed by atoms with Gasteiger partial charge in [-0.3, -0.25) is 13.9 Å². The van der Waals surface area contributed by atoms with E-state index in [0.717, 1.165) is 22.9 Å². The van der Waals surface area contributed by atoms with Crippen molar-refractivity contribution in [2.75, 3.05) is 24.2 Å². The molecule has 0 aliphatic heterocycles. The Labute approximate surface area is 254 Å². The van der Waals surface area contributed by atoms with E-state index in [1.807, 2.05) is 75.4 Å². The van der Waals surface area contributed by atoms with E-state index in [1.54, 1.807) is 17.0 Å². The van der Waals surface area contributed by atoms with Crippen LogP contribution in [0.25, 0.3) is 0 Å². The third kappa shape index (κ3) is 9.49. The second kappa shape index (κ2) is 15.1. The summed E-state index contributed by atoms with van der Waals surface area (Å²) in [6, 6.07) is 21.3. The first-order valence-electron chi connectivity index (χ1n) is 13.9. The number of ether oxygens (including phenoxy) is 1. The average Bonchev–Trinajstić information content (AvgIpc) is 2.92. The Kier molecular flexibility index (Phi) is 11.8. The molecule has 0 aliphatic rings. The summed E-state index contributed by atoms with van der Waals surface area (Å²) in [7, 11) is -2.18. The van der Waals surface area contributed by atoms with Crippen LogP contribution >= 0.6 is 11.6 Å². The van der Waals surface area contributed by atoms with Crippen molar-refractivity contribution in [2.24, 2.45) is 0 Å². The van der Waals surface area contributed by atoms with Gasteiger partial charge in [0.25, 0.3) is 0 Å². The van der Waals surface area contributed by atoms with Crippen molar-refractivity contribution >= 4 is 39.1 Å². The summed E-state index contributed by atoms with van der Waals surface area (Å²) in [5.41, 5.74) is 3.27. The first-order valence-corrected chi connectivity index (χ1v) is 16.1. The Hall–Kier alpha value is -3.56. The number of carbonyl (C=O) groups is 2. The van der Waals surface area contributed by atoms with Gasteiger partial charge in [-0.05, 0) is 56.5 Å². The van der Waals surface area contributed by atoms with E-state index in [4.69, 9.17) is 16.3 Å². The number of nitrogens with zero attached hydrogens (tertiary/aromatic N) is 2. The van der Waals surface area contributed by atoms with Crippen LogP contribution in [0, 0.1) is 6.92 Å². The normalized spacial score (nSPS) is 12.1. The zero-order valence-electron chi connectivity index (χ0n) is 24.8. The van der Waals surface area contributed by atoms with Crippen LogP contribution in [0.15, 0.2) is 72.8 Å². The molecule has 0 aromatic heterocycles. The Morgan fingerprint density at radius 1 is 0.976 bits per heavy atom. The molecule has 8 nitrogen and oxygen atoms in total. The molecule has 0 spiro atoms. The van der Waals surface area contributed by atoms with Crippen molar-refractivity contribution in [1.82, 2.24) is 10.2 Å². The van der Waals surface area contributed by atoms with Crippen LogP contribution in [0.3, 0.4) is 0 Å². The number of amides is 2. The first-order chi connectivity index (χ1) is 19.9. The maximum Gasteiger partial charge on any atom is 0.243 e. The highest BCUT2D eigenvalue weighted by molar-refractivity contribution is 7.92. The molecule has 1 atom stereocenters. The molecule has 0 saturated heterocycles. The van der Waals surface area contributed by atoms with E-state index < -0.39 is 16.1 Å². The highest BCUT2D eigenvalue weighted by atomic mass is 35.5. The summed E-state index contributed by atoms with van der Waals surface area (Å²) in [5.74, 6) is -0.0435. The molecule has 226 valence electrons. The molecule has 0 bridgehead atoms. The second-order valence-electron chi connectivity index (χ2n) is 10.6. The summed E-state index contributed by atoms with van der Waals surface area (Å²) in [4.78, 5) is 29.0. The van der Waals surface area contributed by atoms with Gasteiger partial charge in [0.05, 0.1) is 24.1 Å². The molecule has 0 radical (unpaired) electrons. The van der Waals surface area contributed by atoms with Gasteiger partial charge in [-0.1, -0.05) is 71.8 Å². The summed E-state index contributed by atoms with van der Waals surface area (Å²) in [6.45, 7) is 6.05. The van der Waals surface area contributed by atoms with Crippen LogP contribution < -0.4 is 14.4 Å². The number of anilines is 1. The molecular formula is C32H40ClN3O5S. The minimum atomic E-state index is -3.66. The third-order valence-electron chi connectivity index (χ3n) is 6.71. The van der Waals surface area contributed by atoms with Gasteiger partial charge >= 0.3 is 0 Å². The summed E-state index contributed by atoms with van der Waals surface area (Å²) < 4.78 is 31.8. The molecule has 10 heteroatoms. The van der Waals surface area contributed by atoms with E-state index >= 15 is 0 Å². The third-order valence-corrected chi connectivity index (χ3v) is 8.20. The van der Waals surface area contributed by atoms with Gasteiger partial charge in [-0.15, -0.1) is 0 Å². The minimum Gasteiger partial charge on any atom is -0.495 e. The fourth-order valence-electron chi connectivity index (χ4n) is 4.76. The summed E-state index contributed by atoms with van der Waals surface area (Å²) >= 11 is 6.26. The quantitative estimate of drug-likeness (QED) is 0.264. The van der Waals surface area contributed by atoms with Gasteiger partial charge in [0.2, 0.25) is 21.8 Å². The van der Waals surface area contributed by atoms with Crippen molar-refractivity contribution in [3.63, 3.8) is 0 Å². The van der Waals surface area contributed by atoms with Crippen LogP contribution in [-0.2, 0) is 32.6 Å². The number of nitrogens with one attached hydrogen (secondary N) is 1. The number of hydrogen-bond acceptors (Lipinski definition) is 5. The molecule has 42 heavy (non-hydrogen) atoms. The van der Waals surface area contributed by atoms with Gasteiger partial charge in [0.1, 0.15) is 11.8 Å². The van der Waals surface area contributed by atoms with E-state index in [2.05, 4.69) is 5.32 Å². The van der Waals surface area contributed by atoms with Gasteiger partial charge in [0.15, 0.2) is 0 Å². The Balaban J connectivity index is 1.89. The first kappa shape index (κ1) is 32.9. The van der Waals surface area contributed by atoms with Gasteiger partial charge < -0.3 is 15.0 Å². The lowest BCUT2D eigenvalue weighted by atomic mass is 10.0. The molecule has 3 aromatic rings. The molecular weight excluding hydrogens is 574 g/mol. The molecule has 0 aliphatic carbocycles. The zero-order valence-corrected chi connectivity index (χ0v) is 26.4. The van der Waals surface area contributed by atoms with E-state index in [0.29, 0.717) is 17.9 Å². The van der Waals surface area contributed by atoms with Gasteiger partial charge in [-0.2, -0.15) is 0 Å². The van der Waals surface area contributed by atoms with Crippen molar-refractivity contribution < 1.29 is 22.7 Å². The van der Waals surface area contributed by atoms with Crippen molar-refractivity contribution in [3.05, 3.63) is 94.5 Å².